The minimum atomic E-state index is -0.495. The first kappa shape index (κ1) is 14.2. The van der Waals surface area contributed by atoms with E-state index in [1.807, 2.05) is 6.92 Å². The molecule has 2 aromatic rings. The average Bonchev–Trinajstić information content (AvgIpc) is 2.40. The van der Waals surface area contributed by atoms with Gasteiger partial charge in [0.2, 0.25) is 5.88 Å². The average molecular weight is 277 g/mol. The summed E-state index contributed by atoms with van der Waals surface area (Å²) in [5.74, 6) is -0.568. The van der Waals surface area contributed by atoms with Gasteiger partial charge in [0.05, 0.1) is 6.04 Å². The maximum Gasteiger partial charge on any atom is 0.262 e. The van der Waals surface area contributed by atoms with Crippen LogP contribution >= 0.6 is 0 Å². The Hall–Kier alpha value is -2.21. The van der Waals surface area contributed by atoms with Crippen LogP contribution in [0.4, 0.5) is 4.39 Å². The summed E-state index contributed by atoms with van der Waals surface area (Å²) in [5, 5.41) is 9.93. The molecule has 0 amide bonds. The van der Waals surface area contributed by atoms with E-state index < -0.39 is 23.3 Å². The minimum Gasteiger partial charge on any atom is -0.493 e. The fourth-order valence-electron chi connectivity index (χ4n) is 1.98. The van der Waals surface area contributed by atoms with Crippen LogP contribution in [0.2, 0.25) is 0 Å². The number of H-pyrrole nitrogens is 1. The predicted octanol–water partition coefficient (Wildman–Crippen LogP) is 2.08. The molecule has 0 saturated carbocycles. The Morgan fingerprint density at radius 2 is 2.05 bits per heavy atom. The highest BCUT2D eigenvalue weighted by atomic mass is 19.1. The van der Waals surface area contributed by atoms with Crippen LogP contribution in [0.3, 0.4) is 0 Å². The van der Waals surface area contributed by atoms with Crippen LogP contribution in [0.25, 0.3) is 11.1 Å². The molecule has 4 N–H and O–H groups in total. The molecule has 0 fully saturated rings. The highest BCUT2D eigenvalue weighted by Crippen LogP contribution is 2.24. The molecule has 0 aliphatic carbocycles. The molecule has 1 heterocycles. The van der Waals surface area contributed by atoms with E-state index in [4.69, 9.17) is 5.73 Å². The number of halogens is 1. The zero-order valence-electron chi connectivity index (χ0n) is 11.1. The molecule has 0 aliphatic rings. The van der Waals surface area contributed by atoms with Gasteiger partial charge in [0, 0.05) is 0 Å². The highest BCUT2D eigenvalue weighted by Gasteiger charge is 2.16. The third-order valence-corrected chi connectivity index (χ3v) is 3.00. The number of nitrogens with one attached hydrogen (secondary N) is 1. The van der Waals surface area contributed by atoms with E-state index in [-0.39, 0.29) is 11.4 Å². The van der Waals surface area contributed by atoms with Crippen LogP contribution in [0.15, 0.2) is 29.1 Å². The van der Waals surface area contributed by atoms with Crippen molar-refractivity contribution in [1.82, 2.24) is 9.97 Å². The first-order chi connectivity index (χ1) is 9.52. The van der Waals surface area contributed by atoms with Gasteiger partial charge in [-0.1, -0.05) is 25.5 Å². The standard InChI is InChI=1S/C14H16FN3O2/c1-2-3-10(16)12-17-13(19)11(14(20)18-12)8-4-6-9(15)7-5-8/h4-7,10H,2-3,16H2,1H3,(H2,17,18,19,20). The summed E-state index contributed by atoms with van der Waals surface area (Å²) in [7, 11) is 0. The van der Waals surface area contributed by atoms with Crippen molar-refractivity contribution >= 4 is 0 Å². The van der Waals surface area contributed by atoms with E-state index in [9.17, 15) is 14.3 Å². The molecular weight excluding hydrogens is 261 g/mol. The van der Waals surface area contributed by atoms with Gasteiger partial charge in [0.1, 0.15) is 17.2 Å². The van der Waals surface area contributed by atoms with Crippen LogP contribution in [0.1, 0.15) is 31.6 Å². The summed E-state index contributed by atoms with van der Waals surface area (Å²) in [6, 6.07) is 4.82. The first-order valence-electron chi connectivity index (χ1n) is 6.37. The van der Waals surface area contributed by atoms with Crippen molar-refractivity contribution in [1.29, 1.82) is 0 Å². The van der Waals surface area contributed by atoms with Crippen molar-refractivity contribution in [2.75, 3.05) is 0 Å². The topological polar surface area (TPSA) is 92.0 Å². The Balaban J connectivity index is 2.46. The van der Waals surface area contributed by atoms with Crippen LogP contribution in [0.5, 0.6) is 5.88 Å². The SMILES string of the molecule is CCCC(N)c1nc(O)c(-c2ccc(F)cc2)c(=O)[nH]1. The number of rotatable bonds is 4. The highest BCUT2D eigenvalue weighted by molar-refractivity contribution is 5.67. The van der Waals surface area contributed by atoms with Gasteiger partial charge in [-0.25, -0.2) is 4.39 Å². The molecule has 1 aromatic heterocycles. The van der Waals surface area contributed by atoms with E-state index in [1.54, 1.807) is 0 Å². The third kappa shape index (κ3) is 2.85. The predicted molar refractivity (Wildman–Crippen MR) is 73.8 cm³/mol. The number of hydrogen-bond donors (Lipinski definition) is 3. The van der Waals surface area contributed by atoms with Crippen molar-refractivity contribution in [3.05, 3.63) is 46.3 Å². The quantitative estimate of drug-likeness (QED) is 0.797. The molecule has 6 heteroatoms. The van der Waals surface area contributed by atoms with Crippen molar-refractivity contribution in [2.24, 2.45) is 5.73 Å². The number of nitrogens with two attached hydrogens (primary N) is 1. The lowest BCUT2D eigenvalue weighted by Gasteiger charge is -2.11. The molecule has 0 saturated heterocycles. The number of nitrogens with zero attached hydrogens (tertiary/aromatic N) is 1. The number of hydrogen-bond acceptors (Lipinski definition) is 4. The summed E-state index contributed by atoms with van der Waals surface area (Å²) in [6.45, 7) is 1.96. The van der Waals surface area contributed by atoms with E-state index in [0.29, 0.717) is 12.0 Å². The zero-order valence-corrected chi connectivity index (χ0v) is 11.1. The molecule has 1 aromatic carbocycles. The fraction of sp³-hybridized carbons (Fsp3) is 0.286. The number of benzene rings is 1. The Labute approximate surface area is 115 Å². The second kappa shape index (κ2) is 5.83. The van der Waals surface area contributed by atoms with Crippen LogP contribution in [-0.4, -0.2) is 15.1 Å². The van der Waals surface area contributed by atoms with E-state index >= 15 is 0 Å². The molecule has 106 valence electrons. The number of aromatic amines is 1. The smallest absolute Gasteiger partial charge is 0.262 e. The van der Waals surface area contributed by atoms with Gasteiger partial charge in [-0.3, -0.25) is 4.79 Å². The van der Waals surface area contributed by atoms with Crippen molar-refractivity contribution in [3.8, 4) is 17.0 Å². The van der Waals surface area contributed by atoms with Crippen LogP contribution < -0.4 is 11.3 Å². The molecule has 20 heavy (non-hydrogen) atoms. The lowest BCUT2D eigenvalue weighted by atomic mass is 10.1. The third-order valence-electron chi connectivity index (χ3n) is 3.00. The fourth-order valence-corrected chi connectivity index (χ4v) is 1.98. The van der Waals surface area contributed by atoms with Gasteiger partial charge in [-0.15, -0.1) is 0 Å². The monoisotopic (exact) mass is 277 g/mol. The molecule has 0 bridgehead atoms. The molecule has 0 radical (unpaired) electrons. The van der Waals surface area contributed by atoms with E-state index in [2.05, 4.69) is 9.97 Å². The van der Waals surface area contributed by atoms with Gasteiger partial charge >= 0.3 is 0 Å². The zero-order chi connectivity index (χ0) is 14.7. The summed E-state index contributed by atoms with van der Waals surface area (Å²) >= 11 is 0. The van der Waals surface area contributed by atoms with Gasteiger partial charge < -0.3 is 15.8 Å². The summed E-state index contributed by atoms with van der Waals surface area (Å²) in [6.07, 6.45) is 1.49. The maximum absolute atomic E-state index is 12.9. The molecule has 0 aliphatic heterocycles. The van der Waals surface area contributed by atoms with Gasteiger partial charge in [0.25, 0.3) is 5.56 Å². The molecular formula is C14H16FN3O2. The number of aromatic nitrogens is 2. The second-order valence-electron chi connectivity index (χ2n) is 4.55. The summed E-state index contributed by atoms with van der Waals surface area (Å²) in [5.41, 5.74) is 5.77. The second-order valence-corrected chi connectivity index (χ2v) is 4.55. The van der Waals surface area contributed by atoms with Crippen molar-refractivity contribution in [3.63, 3.8) is 0 Å². The lowest BCUT2D eigenvalue weighted by molar-refractivity contribution is 0.444. The Morgan fingerprint density at radius 3 is 2.60 bits per heavy atom. The molecule has 0 spiro atoms. The van der Waals surface area contributed by atoms with Crippen LogP contribution in [-0.2, 0) is 0 Å². The Bertz CT molecular complexity index is 652. The normalized spacial score (nSPS) is 12.3. The van der Waals surface area contributed by atoms with Gasteiger partial charge in [-0.05, 0) is 24.1 Å². The van der Waals surface area contributed by atoms with E-state index in [0.717, 1.165) is 6.42 Å². The first-order valence-corrected chi connectivity index (χ1v) is 6.37. The Morgan fingerprint density at radius 1 is 1.40 bits per heavy atom. The maximum atomic E-state index is 12.9. The summed E-state index contributed by atoms with van der Waals surface area (Å²) in [4.78, 5) is 18.6. The van der Waals surface area contributed by atoms with Gasteiger partial charge in [-0.2, -0.15) is 4.98 Å². The molecule has 5 nitrogen and oxygen atoms in total. The summed E-state index contributed by atoms with van der Waals surface area (Å²) < 4.78 is 12.9. The number of aromatic hydroxyl groups is 1. The molecule has 2 rings (SSSR count). The van der Waals surface area contributed by atoms with Crippen molar-refractivity contribution < 1.29 is 9.50 Å². The minimum absolute atomic E-state index is 0.0115. The van der Waals surface area contributed by atoms with E-state index in [1.165, 1.54) is 24.3 Å². The molecule has 1 atom stereocenters. The largest absolute Gasteiger partial charge is 0.493 e. The lowest BCUT2D eigenvalue weighted by Crippen LogP contribution is -2.20. The molecule has 1 unspecified atom stereocenters. The van der Waals surface area contributed by atoms with Crippen molar-refractivity contribution in [2.45, 2.75) is 25.8 Å². The van der Waals surface area contributed by atoms with Gasteiger partial charge in [0.15, 0.2) is 0 Å². The van der Waals surface area contributed by atoms with Crippen LogP contribution in [0, 0.1) is 5.82 Å². The Kier molecular flexibility index (Phi) is 4.14.